The Hall–Kier alpha value is -1.51. The molecule has 0 bridgehead atoms. The standard InChI is InChI=1S/C9H11NO2/c1-2-6-7(9(11)12)4-3-5-8(6)10/h3-5H,2,10H2,1H3,(H,11,12). The van der Waals surface area contributed by atoms with E-state index in [2.05, 4.69) is 0 Å². The molecule has 0 fully saturated rings. The Bertz CT molecular complexity index is 307. The van der Waals surface area contributed by atoms with Gasteiger partial charge in [0.05, 0.1) is 5.56 Å². The Balaban J connectivity index is 3.27. The van der Waals surface area contributed by atoms with Gasteiger partial charge < -0.3 is 10.8 Å². The van der Waals surface area contributed by atoms with E-state index in [0.29, 0.717) is 23.2 Å². The van der Waals surface area contributed by atoms with Crippen molar-refractivity contribution < 1.29 is 9.90 Å². The second-order valence-electron chi connectivity index (χ2n) is 2.53. The molecule has 0 unspecified atom stereocenters. The fourth-order valence-electron chi connectivity index (χ4n) is 1.20. The molecule has 64 valence electrons. The average molecular weight is 165 g/mol. The topological polar surface area (TPSA) is 63.3 Å². The molecule has 0 aromatic heterocycles. The number of hydrogen-bond acceptors (Lipinski definition) is 2. The Kier molecular flexibility index (Phi) is 2.33. The van der Waals surface area contributed by atoms with Gasteiger partial charge in [0.2, 0.25) is 0 Å². The molecule has 0 atom stereocenters. The van der Waals surface area contributed by atoms with Crippen LogP contribution in [0.5, 0.6) is 0 Å². The molecule has 1 aromatic carbocycles. The van der Waals surface area contributed by atoms with Gasteiger partial charge in [-0.2, -0.15) is 0 Å². The highest BCUT2D eigenvalue weighted by molar-refractivity contribution is 5.91. The van der Waals surface area contributed by atoms with Gasteiger partial charge >= 0.3 is 5.97 Å². The molecule has 0 amide bonds. The van der Waals surface area contributed by atoms with E-state index in [4.69, 9.17) is 10.8 Å². The molecule has 0 heterocycles. The molecule has 3 heteroatoms. The van der Waals surface area contributed by atoms with Gasteiger partial charge in [-0.15, -0.1) is 0 Å². The van der Waals surface area contributed by atoms with Crippen molar-refractivity contribution in [3.8, 4) is 0 Å². The van der Waals surface area contributed by atoms with Gasteiger partial charge in [-0.3, -0.25) is 0 Å². The third-order valence-corrected chi connectivity index (χ3v) is 1.80. The summed E-state index contributed by atoms with van der Waals surface area (Å²) in [5.74, 6) is -0.917. The van der Waals surface area contributed by atoms with E-state index >= 15 is 0 Å². The molecule has 1 aromatic rings. The SMILES string of the molecule is CCc1c(N)cccc1C(=O)O. The molecule has 0 saturated heterocycles. The van der Waals surface area contributed by atoms with Gasteiger partial charge in [-0.1, -0.05) is 13.0 Å². The van der Waals surface area contributed by atoms with Crippen molar-refractivity contribution >= 4 is 11.7 Å². The predicted octanol–water partition coefficient (Wildman–Crippen LogP) is 1.53. The summed E-state index contributed by atoms with van der Waals surface area (Å²) >= 11 is 0. The molecule has 0 aliphatic heterocycles. The minimum absolute atomic E-state index is 0.303. The number of nitrogens with two attached hydrogens (primary N) is 1. The highest BCUT2D eigenvalue weighted by Gasteiger charge is 2.09. The van der Waals surface area contributed by atoms with Crippen molar-refractivity contribution in [1.29, 1.82) is 0 Å². The number of nitrogen functional groups attached to an aromatic ring is 1. The third-order valence-electron chi connectivity index (χ3n) is 1.80. The molecule has 0 aliphatic carbocycles. The first-order valence-corrected chi connectivity index (χ1v) is 3.77. The lowest BCUT2D eigenvalue weighted by atomic mass is 10.0. The lowest BCUT2D eigenvalue weighted by Crippen LogP contribution is -2.04. The zero-order chi connectivity index (χ0) is 9.14. The van der Waals surface area contributed by atoms with Gasteiger partial charge in [0.1, 0.15) is 0 Å². The number of carbonyl (C=O) groups is 1. The van der Waals surface area contributed by atoms with Crippen LogP contribution in [-0.2, 0) is 6.42 Å². The molecule has 0 spiro atoms. The lowest BCUT2D eigenvalue weighted by molar-refractivity contribution is 0.0696. The summed E-state index contributed by atoms with van der Waals surface area (Å²) in [4.78, 5) is 10.7. The second-order valence-corrected chi connectivity index (χ2v) is 2.53. The van der Waals surface area contributed by atoms with Gasteiger partial charge in [0.15, 0.2) is 0 Å². The zero-order valence-corrected chi connectivity index (χ0v) is 6.87. The van der Waals surface area contributed by atoms with E-state index in [1.807, 2.05) is 6.92 Å². The second kappa shape index (κ2) is 3.26. The van der Waals surface area contributed by atoms with Crippen LogP contribution in [0.2, 0.25) is 0 Å². The van der Waals surface area contributed by atoms with Crippen molar-refractivity contribution in [3.05, 3.63) is 29.3 Å². The van der Waals surface area contributed by atoms with Crippen LogP contribution >= 0.6 is 0 Å². The van der Waals surface area contributed by atoms with Crippen LogP contribution in [0.25, 0.3) is 0 Å². The summed E-state index contributed by atoms with van der Waals surface area (Å²) in [7, 11) is 0. The van der Waals surface area contributed by atoms with Crippen molar-refractivity contribution in [2.45, 2.75) is 13.3 Å². The van der Waals surface area contributed by atoms with E-state index in [0.717, 1.165) is 0 Å². The summed E-state index contributed by atoms with van der Waals surface area (Å²) in [6.07, 6.45) is 0.647. The molecule has 3 nitrogen and oxygen atoms in total. The van der Waals surface area contributed by atoms with Crippen molar-refractivity contribution in [1.82, 2.24) is 0 Å². The number of carboxylic acid groups (broad SMARTS) is 1. The quantitative estimate of drug-likeness (QED) is 0.653. The first-order chi connectivity index (χ1) is 5.66. The molecular formula is C9H11NO2. The monoisotopic (exact) mass is 165 g/mol. The van der Waals surface area contributed by atoms with Crippen LogP contribution in [-0.4, -0.2) is 11.1 Å². The largest absolute Gasteiger partial charge is 0.478 e. The summed E-state index contributed by atoms with van der Waals surface area (Å²) in [6, 6.07) is 4.93. The van der Waals surface area contributed by atoms with Crippen LogP contribution in [0.3, 0.4) is 0 Å². The fourth-order valence-corrected chi connectivity index (χ4v) is 1.20. The highest BCUT2D eigenvalue weighted by atomic mass is 16.4. The first kappa shape index (κ1) is 8.59. The van der Waals surface area contributed by atoms with E-state index < -0.39 is 5.97 Å². The van der Waals surface area contributed by atoms with Gasteiger partial charge in [-0.25, -0.2) is 4.79 Å². The maximum atomic E-state index is 10.7. The number of aromatic carboxylic acids is 1. The Morgan fingerprint density at radius 2 is 2.25 bits per heavy atom. The van der Waals surface area contributed by atoms with E-state index in [9.17, 15) is 4.79 Å². The minimum atomic E-state index is -0.917. The van der Waals surface area contributed by atoms with Crippen LogP contribution < -0.4 is 5.73 Å². The molecular weight excluding hydrogens is 154 g/mol. The molecule has 0 radical (unpaired) electrons. The van der Waals surface area contributed by atoms with Crippen molar-refractivity contribution in [2.24, 2.45) is 0 Å². The van der Waals surface area contributed by atoms with Gasteiger partial charge in [0, 0.05) is 5.69 Å². The van der Waals surface area contributed by atoms with Crippen LogP contribution in [0.4, 0.5) is 5.69 Å². The van der Waals surface area contributed by atoms with E-state index in [-0.39, 0.29) is 0 Å². The fraction of sp³-hybridized carbons (Fsp3) is 0.222. The Morgan fingerprint density at radius 3 is 2.67 bits per heavy atom. The molecule has 3 N–H and O–H groups in total. The minimum Gasteiger partial charge on any atom is -0.478 e. The molecule has 1 rings (SSSR count). The molecule has 0 aliphatic rings. The summed E-state index contributed by atoms with van der Waals surface area (Å²) in [5, 5.41) is 8.77. The van der Waals surface area contributed by atoms with Crippen LogP contribution in [0, 0.1) is 0 Å². The molecule has 12 heavy (non-hydrogen) atoms. The first-order valence-electron chi connectivity index (χ1n) is 3.77. The number of hydrogen-bond donors (Lipinski definition) is 2. The number of benzene rings is 1. The van der Waals surface area contributed by atoms with Gasteiger partial charge in [-0.05, 0) is 24.1 Å². The van der Waals surface area contributed by atoms with Crippen LogP contribution in [0.1, 0.15) is 22.8 Å². The summed E-state index contributed by atoms with van der Waals surface area (Å²) < 4.78 is 0. The van der Waals surface area contributed by atoms with Crippen molar-refractivity contribution in [3.63, 3.8) is 0 Å². The maximum Gasteiger partial charge on any atom is 0.336 e. The number of anilines is 1. The summed E-state index contributed by atoms with van der Waals surface area (Å²) in [6.45, 7) is 1.89. The normalized spacial score (nSPS) is 9.75. The molecule has 0 saturated carbocycles. The summed E-state index contributed by atoms with van der Waals surface area (Å²) in [5.41, 5.74) is 7.18. The number of rotatable bonds is 2. The lowest BCUT2D eigenvalue weighted by Gasteiger charge is -2.05. The van der Waals surface area contributed by atoms with Crippen molar-refractivity contribution in [2.75, 3.05) is 5.73 Å². The van der Waals surface area contributed by atoms with E-state index in [1.54, 1.807) is 18.2 Å². The maximum absolute atomic E-state index is 10.7. The van der Waals surface area contributed by atoms with E-state index in [1.165, 1.54) is 0 Å². The average Bonchev–Trinajstić information content (AvgIpc) is 2.03. The third kappa shape index (κ3) is 1.39. The number of carboxylic acids is 1. The Labute approximate surface area is 70.8 Å². The van der Waals surface area contributed by atoms with Gasteiger partial charge in [0.25, 0.3) is 0 Å². The van der Waals surface area contributed by atoms with Crippen LogP contribution in [0.15, 0.2) is 18.2 Å². The Morgan fingerprint density at radius 1 is 1.58 bits per heavy atom. The predicted molar refractivity (Wildman–Crippen MR) is 47.2 cm³/mol. The highest BCUT2D eigenvalue weighted by Crippen LogP contribution is 2.17. The zero-order valence-electron chi connectivity index (χ0n) is 6.87. The smallest absolute Gasteiger partial charge is 0.336 e.